The highest BCUT2D eigenvalue weighted by molar-refractivity contribution is 4.90. The van der Waals surface area contributed by atoms with Gasteiger partial charge in [0.05, 0.1) is 17.3 Å². The minimum atomic E-state index is -0.1000. The molecule has 0 aliphatic carbocycles. The van der Waals surface area contributed by atoms with Crippen LogP contribution in [0.25, 0.3) is 0 Å². The summed E-state index contributed by atoms with van der Waals surface area (Å²) in [4.78, 5) is 2.31. The Morgan fingerprint density at radius 1 is 1.21 bits per heavy atom. The van der Waals surface area contributed by atoms with Crippen LogP contribution in [0.5, 0.6) is 0 Å². The van der Waals surface area contributed by atoms with Gasteiger partial charge in [0.2, 0.25) is 0 Å². The van der Waals surface area contributed by atoms with E-state index in [1.54, 1.807) is 0 Å². The van der Waals surface area contributed by atoms with Crippen LogP contribution in [0.1, 0.15) is 34.1 Å². The van der Waals surface area contributed by atoms with Crippen LogP contribution in [-0.2, 0) is 4.74 Å². The van der Waals surface area contributed by atoms with E-state index in [4.69, 9.17) is 10.00 Å². The number of hydrogen-bond donors (Lipinski definition) is 0. The Labute approximate surface area is 86.6 Å². The number of ether oxygens (including phenoxy) is 1. The maximum atomic E-state index is 8.55. The van der Waals surface area contributed by atoms with Gasteiger partial charge in [-0.25, -0.2) is 0 Å². The van der Waals surface area contributed by atoms with Crippen LogP contribution >= 0.6 is 0 Å². The summed E-state index contributed by atoms with van der Waals surface area (Å²) in [6, 6.07) is 2.19. The van der Waals surface area contributed by atoms with Crippen molar-refractivity contribution in [3.05, 3.63) is 0 Å². The molecule has 1 aliphatic rings. The largest absolute Gasteiger partial charge is 0.367 e. The maximum absolute atomic E-state index is 8.55. The molecule has 1 fully saturated rings. The van der Waals surface area contributed by atoms with Gasteiger partial charge in [0.15, 0.2) is 0 Å². The van der Waals surface area contributed by atoms with Crippen LogP contribution in [0.3, 0.4) is 0 Å². The third-order valence-electron chi connectivity index (χ3n) is 2.30. The lowest BCUT2D eigenvalue weighted by atomic mass is 9.99. The van der Waals surface area contributed by atoms with E-state index in [-0.39, 0.29) is 11.2 Å². The Morgan fingerprint density at radius 2 is 1.71 bits per heavy atom. The first-order valence-corrected chi connectivity index (χ1v) is 5.14. The van der Waals surface area contributed by atoms with Crippen molar-refractivity contribution < 1.29 is 4.74 Å². The van der Waals surface area contributed by atoms with Gasteiger partial charge in [-0.1, -0.05) is 0 Å². The van der Waals surface area contributed by atoms with Gasteiger partial charge in [-0.05, 0) is 27.7 Å². The van der Waals surface area contributed by atoms with Gasteiger partial charge in [-0.3, -0.25) is 4.90 Å². The van der Waals surface area contributed by atoms with Gasteiger partial charge in [0.25, 0.3) is 0 Å². The van der Waals surface area contributed by atoms with Crippen molar-refractivity contribution in [1.29, 1.82) is 5.26 Å². The van der Waals surface area contributed by atoms with Crippen LogP contribution in [0.2, 0.25) is 0 Å². The molecule has 1 heterocycles. The second kappa shape index (κ2) is 3.88. The zero-order chi connectivity index (χ0) is 10.8. The highest BCUT2D eigenvalue weighted by Crippen LogP contribution is 2.27. The van der Waals surface area contributed by atoms with E-state index in [2.05, 4.69) is 38.7 Å². The molecule has 0 aromatic rings. The van der Waals surface area contributed by atoms with Crippen molar-refractivity contribution in [2.45, 2.75) is 45.3 Å². The van der Waals surface area contributed by atoms with E-state index in [0.29, 0.717) is 6.42 Å². The molecule has 0 aromatic heterocycles. The minimum absolute atomic E-state index is 0.1000. The fraction of sp³-hybridized carbons (Fsp3) is 0.909. The van der Waals surface area contributed by atoms with Crippen molar-refractivity contribution >= 4 is 0 Å². The standard InChI is InChI=1S/C11H20N2O/c1-10(2)8-13(7-5-6-12)9-11(3,4)14-10/h5,7-9H2,1-4H3. The fourth-order valence-electron chi connectivity index (χ4n) is 2.31. The van der Waals surface area contributed by atoms with Crippen molar-refractivity contribution in [2.75, 3.05) is 19.6 Å². The summed E-state index contributed by atoms with van der Waals surface area (Å²) in [5.74, 6) is 0. The molecule has 0 aromatic carbocycles. The van der Waals surface area contributed by atoms with E-state index >= 15 is 0 Å². The molecule has 3 nitrogen and oxygen atoms in total. The third kappa shape index (κ3) is 3.28. The Kier molecular flexibility index (Phi) is 3.18. The molecule has 3 heteroatoms. The van der Waals surface area contributed by atoms with E-state index in [1.165, 1.54) is 0 Å². The third-order valence-corrected chi connectivity index (χ3v) is 2.30. The smallest absolute Gasteiger partial charge is 0.0760 e. The molecule has 0 spiro atoms. The first-order chi connectivity index (χ1) is 6.35. The normalized spacial score (nSPS) is 25.6. The number of hydrogen-bond acceptors (Lipinski definition) is 3. The highest BCUT2D eigenvalue weighted by atomic mass is 16.5. The molecule has 80 valence electrons. The quantitative estimate of drug-likeness (QED) is 0.675. The van der Waals surface area contributed by atoms with Crippen LogP contribution in [-0.4, -0.2) is 35.7 Å². The van der Waals surface area contributed by atoms with Gasteiger partial charge in [-0.15, -0.1) is 0 Å². The van der Waals surface area contributed by atoms with Gasteiger partial charge < -0.3 is 4.74 Å². The van der Waals surface area contributed by atoms with Gasteiger partial charge in [0.1, 0.15) is 0 Å². The van der Waals surface area contributed by atoms with E-state index in [9.17, 15) is 0 Å². The predicted molar refractivity (Wildman–Crippen MR) is 55.9 cm³/mol. The maximum Gasteiger partial charge on any atom is 0.0760 e. The summed E-state index contributed by atoms with van der Waals surface area (Å²) in [6.07, 6.45) is 0.603. The molecular weight excluding hydrogens is 176 g/mol. The van der Waals surface area contributed by atoms with Gasteiger partial charge in [0, 0.05) is 26.1 Å². The summed E-state index contributed by atoms with van der Waals surface area (Å²) >= 11 is 0. The number of nitriles is 1. The fourth-order valence-corrected chi connectivity index (χ4v) is 2.31. The van der Waals surface area contributed by atoms with Crippen molar-refractivity contribution in [3.63, 3.8) is 0 Å². The second-order valence-electron chi connectivity index (χ2n) is 5.24. The predicted octanol–water partition coefficient (Wildman–Crippen LogP) is 1.79. The molecule has 0 N–H and O–H groups in total. The summed E-state index contributed by atoms with van der Waals surface area (Å²) in [7, 11) is 0. The van der Waals surface area contributed by atoms with Gasteiger partial charge in [-0.2, -0.15) is 5.26 Å². The lowest BCUT2D eigenvalue weighted by Crippen LogP contribution is -2.57. The van der Waals surface area contributed by atoms with E-state index < -0.39 is 0 Å². The summed E-state index contributed by atoms with van der Waals surface area (Å²) in [6.45, 7) is 11.1. The molecule has 0 radical (unpaired) electrons. The Morgan fingerprint density at radius 3 is 2.14 bits per heavy atom. The first-order valence-electron chi connectivity index (χ1n) is 5.14. The Hall–Kier alpha value is -0.590. The van der Waals surface area contributed by atoms with Crippen LogP contribution in [0.4, 0.5) is 0 Å². The molecule has 0 unspecified atom stereocenters. The lowest BCUT2D eigenvalue weighted by Gasteiger charge is -2.47. The molecule has 1 rings (SSSR count). The SMILES string of the molecule is CC1(C)CN(CCC#N)CC(C)(C)O1. The Bertz CT molecular complexity index is 224. The summed E-state index contributed by atoms with van der Waals surface area (Å²) < 4.78 is 5.95. The number of rotatable bonds is 2. The molecule has 1 aliphatic heterocycles. The second-order valence-corrected chi connectivity index (χ2v) is 5.24. The minimum Gasteiger partial charge on any atom is -0.367 e. The summed E-state index contributed by atoms with van der Waals surface area (Å²) in [5, 5.41) is 8.55. The van der Waals surface area contributed by atoms with Gasteiger partial charge >= 0.3 is 0 Å². The zero-order valence-electron chi connectivity index (χ0n) is 9.63. The van der Waals surface area contributed by atoms with Crippen LogP contribution < -0.4 is 0 Å². The zero-order valence-corrected chi connectivity index (χ0v) is 9.63. The lowest BCUT2D eigenvalue weighted by molar-refractivity contribution is -0.180. The summed E-state index contributed by atoms with van der Waals surface area (Å²) in [5.41, 5.74) is -0.200. The molecule has 14 heavy (non-hydrogen) atoms. The molecule has 0 bridgehead atoms. The molecule has 1 saturated heterocycles. The van der Waals surface area contributed by atoms with Crippen molar-refractivity contribution in [1.82, 2.24) is 4.90 Å². The molecule has 0 atom stereocenters. The highest BCUT2D eigenvalue weighted by Gasteiger charge is 2.37. The van der Waals surface area contributed by atoms with Crippen molar-refractivity contribution in [3.8, 4) is 6.07 Å². The number of morpholine rings is 1. The first kappa shape index (κ1) is 11.5. The Balaban J connectivity index is 2.58. The molecule has 0 amide bonds. The topological polar surface area (TPSA) is 36.3 Å². The van der Waals surface area contributed by atoms with E-state index in [1.807, 2.05) is 0 Å². The number of nitrogens with zero attached hydrogens (tertiary/aromatic N) is 2. The molecule has 0 saturated carbocycles. The van der Waals surface area contributed by atoms with Crippen LogP contribution in [0, 0.1) is 11.3 Å². The average Bonchev–Trinajstić information content (AvgIpc) is 1.94. The average molecular weight is 196 g/mol. The molecular formula is C11H20N2O. The van der Waals surface area contributed by atoms with Crippen LogP contribution in [0.15, 0.2) is 0 Å². The van der Waals surface area contributed by atoms with E-state index in [0.717, 1.165) is 19.6 Å². The van der Waals surface area contributed by atoms with Crippen molar-refractivity contribution in [2.24, 2.45) is 0 Å². The monoisotopic (exact) mass is 196 g/mol.